The summed E-state index contributed by atoms with van der Waals surface area (Å²) < 4.78 is 11.0. The summed E-state index contributed by atoms with van der Waals surface area (Å²) in [4.78, 5) is 12.2. The highest BCUT2D eigenvalue weighted by Crippen LogP contribution is 2.28. The fourth-order valence-corrected chi connectivity index (χ4v) is 2.35. The molecule has 0 heterocycles. The number of ether oxygens (including phenoxy) is 2. The molecule has 0 saturated heterocycles. The van der Waals surface area contributed by atoms with Gasteiger partial charge in [0.15, 0.2) is 11.5 Å². The van der Waals surface area contributed by atoms with E-state index in [9.17, 15) is 4.79 Å². The highest BCUT2D eigenvalue weighted by atomic mass is 35.5. The highest BCUT2D eigenvalue weighted by Gasteiger charge is 2.11. The molecule has 0 radical (unpaired) electrons. The summed E-state index contributed by atoms with van der Waals surface area (Å²) in [6.45, 7) is 4.87. The predicted octanol–water partition coefficient (Wildman–Crippen LogP) is 4.54. The molecule has 0 bridgehead atoms. The Balaban J connectivity index is 1.99. The summed E-state index contributed by atoms with van der Waals surface area (Å²) in [5.74, 6) is 1.35. The molecule has 2 rings (SSSR count). The van der Waals surface area contributed by atoms with E-state index in [0.717, 1.165) is 12.0 Å². The molecule has 0 unspecified atom stereocenters. The van der Waals surface area contributed by atoms with E-state index in [1.165, 1.54) is 6.21 Å². The van der Waals surface area contributed by atoms with Crippen molar-refractivity contribution >= 4 is 23.7 Å². The summed E-state index contributed by atoms with van der Waals surface area (Å²) in [5.41, 5.74) is 3.71. The summed E-state index contributed by atoms with van der Waals surface area (Å²) in [6.07, 6.45) is 2.48. The Hall–Kier alpha value is -2.53. The van der Waals surface area contributed by atoms with E-state index >= 15 is 0 Å². The lowest BCUT2D eigenvalue weighted by Crippen LogP contribution is -2.17. The summed E-state index contributed by atoms with van der Waals surface area (Å²) in [7, 11) is 1.55. The first-order valence-corrected chi connectivity index (χ1v) is 8.77. The second kappa shape index (κ2) is 9.82. The Labute approximate surface area is 159 Å². The van der Waals surface area contributed by atoms with Crippen LogP contribution in [0.1, 0.15) is 36.2 Å². The van der Waals surface area contributed by atoms with Gasteiger partial charge in [0, 0.05) is 10.6 Å². The molecule has 1 amide bonds. The quantitative estimate of drug-likeness (QED) is 0.545. The van der Waals surface area contributed by atoms with Crippen molar-refractivity contribution in [3.8, 4) is 11.5 Å². The number of carbonyl (C=O) groups excluding carboxylic acids is 1. The molecule has 2 aromatic rings. The van der Waals surface area contributed by atoms with Gasteiger partial charge >= 0.3 is 0 Å². The molecule has 0 aliphatic carbocycles. The van der Waals surface area contributed by atoms with Crippen LogP contribution in [-0.2, 0) is 0 Å². The number of rotatable bonds is 8. The van der Waals surface area contributed by atoms with E-state index in [1.54, 1.807) is 37.4 Å². The van der Waals surface area contributed by atoms with Crippen molar-refractivity contribution in [2.75, 3.05) is 13.7 Å². The third-order valence-corrected chi connectivity index (χ3v) is 3.84. The first-order chi connectivity index (χ1) is 12.5. The van der Waals surface area contributed by atoms with Crippen LogP contribution in [0.25, 0.3) is 0 Å². The lowest BCUT2D eigenvalue weighted by atomic mass is 10.1. The van der Waals surface area contributed by atoms with Crippen LogP contribution < -0.4 is 14.9 Å². The van der Waals surface area contributed by atoms with Crippen molar-refractivity contribution in [2.45, 2.75) is 20.3 Å². The van der Waals surface area contributed by atoms with Crippen LogP contribution in [0.5, 0.6) is 11.5 Å². The Morgan fingerprint density at radius 2 is 2.04 bits per heavy atom. The number of hydrogen-bond donors (Lipinski definition) is 1. The van der Waals surface area contributed by atoms with E-state index in [-0.39, 0.29) is 5.91 Å². The monoisotopic (exact) mass is 374 g/mol. The smallest absolute Gasteiger partial charge is 0.271 e. The molecule has 0 spiro atoms. The van der Waals surface area contributed by atoms with Gasteiger partial charge in [-0.3, -0.25) is 4.79 Å². The van der Waals surface area contributed by atoms with Crippen LogP contribution >= 0.6 is 11.6 Å². The minimum atomic E-state index is -0.338. The van der Waals surface area contributed by atoms with Crippen LogP contribution in [0.2, 0.25) is 5.02 Å². The molecule has 138 valence electrons. The molecule has 26 heavy (non-hydrogen) atoms. The standard InChI is InChI=1S/C20H23ClN2O3/c1-14(2)9-10-26-18-8-7-16(12-19(18)25-3)20(24)23-22-13-15-5-4-6-17(21)11-15/h4-8,11-14H,9-10H2,1-3H3,(H,23,24)/b22-13+. The van der Waals surface area contributed by atoms with E-state index < -0.39 is 0 Å². The molecule has 0 aromatic heterocycles. The molecule has 6 heteroatoms. The van der Waals surface area contributed by atoms with Gasteiger partial charge in [-0.25, -0.2) is 5.43 Å². The van der Waals surface area contributed by atoms with Gasteiger partial charge < -0.3 is 9.47 Å². The second-order valence-corrected chi connectivity index (χ2v) is 6.59. The SMILES string of the molecule is COc1cc(C(=O)N/N=C/c2cccc(Cl)c2)ccc1OCCC(C)C. The average molecular weight is 375 g/mol. The lowest BCUT2D eigenvalue weighted by Gasteiger charge is -2.12. The number of benzene rings is 2. The first-order valence-electron chi connectivity index (χ1n) is 8.39. The minimum absolute atomic E-state index is 0.338. The Kier molecular flexibility index (Phi) is 7.48. The molecule has 1 N–H and O–H groups in total. The topological polar surface area (TPSA) is 59.9 Å². The molecule has 0 atom stereocenters. The maximum Gasteiger partial charge on any atom is 0.271 e. The molecule has 0 aliphatic heterocycles. The van der Waals surface area contributed by atoms with E-state index in [0.29, 0.717) is 34.6 Å². The average Bonchev–Trinajstić information content (AvgIpc) is 2.61. The second-order valence-electron chi connectivity index (χ2n) is 6.15. The van der Waals surface area contributed by atoms with Gasteiger partial charge in [0.1, 0.15) is 0 Å². The maximum atomic E-state index is 12.2. The van der Waals surface area contributed by atoms with Crippen LogP contribution in [-0.4, -0.2) is 25.8 Å². The third-order valence-electron chi connectivity index (χ3n) is 3.61. The van der Waals surface area contributed by atoms with E-state index in [2.05, 4.69) is 24.4 Å². The number of methoxy groups -OCH3 is 1. The van der Waals surface area contributed by atoms with Crippen LogP contribution in [0.15, 0.2) is 47.6 Å². The van der Waals surface area contributed by atoms with Crippen molar-refractivity contribution < 1.29 is 14.3 Å². The van der Waals surface area contributed by atoms with Crippen molar-refractivity contribution in [2.24, 2.45) is 11.0 Å². The van der Waals surface area contributed by atoms with Crippen LogP contribution in [0.4, 0.5) is 0 Å². The summed E-state index contributed by atoms with van der Waals surface area (Å²) >= 11 is 5.91. The Bertz CT molecular complexity index is 775. The molecular weight excluding hydrogens is 352 g/mol. The van der Waals surface area contributed by atoms with Gasteiger partial charge in [0.25, 0.3) is 5.91 Å². The van der Waals surface area contributed by atoms with Crippen LogP contribution in [0, 0.1) is 5.92 Å². The van der Waals surface area contributed by atoms with Crippen molar-refractivity contribution in [3.05, 3.63) is 58.6 Å². The molecule has 2 aromatic carbocycles. The minimum Gasteiger partial charge on any atom is -0.493 e. The van der Waals surface area contributed by atoms with Crippen molar-refractivity contribution in [1.29, 1.82) is 0 Å². The zero-order chi connectivity index (χ0) is 18.9. The van der Waals surface area contributed by atoms with Gasteiger partial charge in [0.2, 0.25) is 0 Å². The zero-order valence-electron chi connectivity index (χ0n) is 15.2. The fourth-order valence-electron chi connectivity index (χ4n) is 2.15. The van der Waals surface area contributed by atoms with Gasteiger partial charge in [-0.1, -0.05) is 37.6 Å². The number of carbonyl (C=O) groups is 1. The Morgan fingerprint density at radius 1 is 1.23 bits per heavy atom. The van der Waals surface area contributed by atoms with E-state index in [4.69, 9.17) is 21.1 Å². The number of hydrogen-bond acceptors (Lipinski definition) is 4. The third kappa shape index (κ3) is 6.08. The number of amides is 1. The van der Waals surface area contributed by atoms with Gasteiger partial charge in [-0.2, -0.15) is 5.10 Å². The summed E-state index contributed by atoms with van der Waals surface area (Å²) in [6, 6.07) is 12.2. The van der Waals surface area contributed by atoms with E-state index in [1.807, 2.05) is 12.1 Å². The highest BCUT2D eigenvalue weighted by molar-refractivity contribution is 6.30. The first kappa shape index (κ1) is 19.8. The van der Waals surface area contributed by atoms with Crippen molar-refractivity contribution in [1.82, 2.24) is 5.43 Å². The van der Waals surface area contributed by atoms with Gasteiger partial charge in [-0.15, -0.1) is 0 Å². The number of hydrazone groups is 1. The van der Waals surface area contributed by atoms with Gasteiger partial charge in [0.05, 0.1) is 19.9 Å². The fraction of sp³-hybridized carbons (Fsp3) is 0.300. The normalized spacial score (nSPS) is 11.0. The summed E-state index contributed by atoms with van der Waals surface area (Å²) in [5, 5.41) is 4.56. The molecule has 0 aliphatic rings. The number of nitrogens with zero attached hydrogens (tertiary/aromatic N) is 1. The predicted molar refractivity (Wildman–Crippen MR) is 104 cm³/mol. The zero-order valence-corrected chi connectivity index (χ0v) is 15.9. The van der Waals surface area contributed by atoms with Gasteiger partial charge in [-0.05, 0) is 48.2 Å². The van der Waals surface area contributed by atoms with Crippen LogP contribution in [0.3, 0.4) is 0 Å². The lowest BCUT2D eigenvalue weighted by molar-refractivity contribution is 0.0954. The Morgan fingerprint density at radius 3 is 2.73 bits per heavy atom. The number of halogens is 1. The largest absolute Gasteiger partial charge is 0.493 e. The molecular formula is C20H23ClN2O3. The molecule has 5 nitrogen and oxygen atoms in total. The molecule has 0 fully saturated rings. The molecule has 0 saturated carbocycles. The maximum absolute atomic E-state index is 12.2. The van der Waals surface area contributed by atoms with Crippen molar-refractivity contribution in [3.63, 3.8) is 0 Å². The number of nitrogens with one attached hydrogen (secondary N) is 1.